The van der Waals surface area contributed by atoms with Crippen LogP contribution in [0.2, 0.25) is 18.1 Å². The van der Waals surface area contributed by atoms with E-state index in [0.29, 0.717) is 0 Å². The number of fused-ring (bicyclic) bond motifs is 9. The fraction of sp³-hybridized carbons (Fsp3) is 0.214. The fourth-order valence-corrected chi connectivity index (χ4v) is 12.7. The molecule has 6 aromatic rings. The molecule has 0 fully saturated rings. The van der Waals surface area contributed by atoms with E-state index in [2.05, 4.69) is 98.2 Å². The zero-order valence-electron chi connectivity index (χ0n) is 18.3. The average Bonchev–Trinajstić information content (AvgIpc) is 3.47. The molecule has 0 bridgehead atoms. The van der Waals surface area contributed by atoms with Crippen LogP contribution in [0.15, 0.2) is 66.0 Å². The summed E-state index contributed by atoms with van der Waals surface area (Å²) in [6.07, 6.45) is 0. The fourth-order valence-electron chi connectivity index (χ4n) is 5.55. The van der Waals surface area contributed by atoms with Gasteiger partial charge in [0.2, 0.25) is 0 Å². The molecule has 154 valence electrons. The van der Waals surface area contributed by atoms with E-state index in [-0.39, 0.29) is 0 Å². The van der Waals surface area contributed by atoms with Crippen LogP contribution in [0.4, 0.5) is 0 Å². The maximum Gasteiger partial charge on any atom is 0.0987 e. The van der Waals surface area contributed by atoms with Crippen LogP contribution in [0.3, 0.4) is 0 Å². The highest BCUT2D eigenvalue weighted by atomic mass is 32.1. The maximum atomic E-state index is 2.56. The van der Waals surface area contributed by atoms with Crippen LogP contribution in [0, 0.1) is 0 Å². The van der Waals surface area contributed by atoms with Crippen molar-refractivity contribution in [1.82, 2.24) is 0 Å². The van der Waals surface area contributed by atoms with Gasteiger partial charge in [-0.15, -0.1) is 22.7 Å². The van der Waals surface area contributed by atoms with E-state index in [4.69, 9.17) is 0 Å². The van der Waals surface area contributed by atoms with E-state index in [1.807, 2.05) is 11.3 Å². The minimum absolute atomic E-state index is 1.34. The summed E-state index contributed by atoms with van der Waals surface area (Å²) in [6, 6.07) is 27.6. The highest BCUT2D eigenvalue weighted by Gasteiger charge is 2.31. The molecule has 3 heteroatoms. The van der Waals surface area contributed by atoms with Gasteiger partial charge in [-0.2, -0.15) is 0 Å². The van der Waals surface area contributed by atoms with Crippen LogP contribution in [0.1, 0.15) is 20.8 Å². The van der Waals surface area contributed by atoms with Crippen LogP contribution in [-0.4, -0.2) is 8.07 Å². The van der Waals surface area contributed by atoms with Crippen LogP contribution >= 0.6 is 22.7 Å². The van der Waals surface area contributed by atoms with Gasteiger partial charge in [-0.25, -0.2) is 0 Å². The second kappa shape index (κ2) is 7.16. The largest absolute Gasteiger partial charge is 0.145 e. The van der Waals surface area contributed by atoms with Gasteiger partial charge in [-0.1, -0.05) is 75.3 Å². The van der Waals surface area contributed by atoms with Gasteiger partial charge in [0.25, 0.3) is 0 Å². The molecule has 0 radical (unpaired) electrons. The molecule has 0 amide bonds. The number of hydrogen-bond donors (Lipinski definition) is 0. The maximum absolute atomic E-state index is 2.56. The molecular formula is C28H26S2Si. The molecule has 0 unspecified atom stereocenters. The summed E-state index contributed by atoms with van der Waals surface area (Å²) in [5.41, 5.74) is 0. The Labute approximate surface area is 192 Å². The molecule has 2 aromatic heterocycles. The highest BCUT2D eigenvalue weighted by Crippen LogP contribution is 2.39. The van der Waals surface area contributed by atoms with Crippen LogP contribution in [0.25, 0.3) is 52.5 Å². The Morgan fingerprint density at radius 3 is 1.61 bits per heavy atom. The Kier molecular flexibility index (Phi) is 4.50. The molecule has 0 aliphatic carbocycles. The molecule has 0 saturated carbocycles. The Morgan fingerprint density at radius 2 is 1.03 bits per heavy atom. The molecule has 0 N–H and O–H groups in total. The number of benzene rings is 4. The molecular weight excluding hydrogens is 429 g/mol. The van der Waals surface area contributed by atoms with Gasteiger partial charge in [0.05, 0.1) is 8.07 Å². The summed E-state index contributed by atoms with van der Waals surface area (Å²) in [5, 5.41) is 13.3. The predicted molar refractivity (Wildman–Crippen MR) is 147 cm³/mol. The highest BCUT2D eigenvalue weighted by molar-refractivity contribution is 7.32. The molecule has 0 aliphatic rings. The Morgan fingerprint density at radius 1 is 0.548 bits per heavy atom. The summed E-state index contributed by atoms with van der Waals surface area (Å²) in [4.78, 5) is 0. The number of rotatable bonds is 4. The first kappa shape index (κ1) is 19.5. The van der Waals surface area contributed by atoms with E-state index < -0.39 is 8.07 Å². The summed E-state index contributed by atoms with van der Waals surface area (Å²) in [6.45, 7) is 7.22. The minimum atomic E-state index is -1.35. The van der Waals surface area contributed by atoms with E-state index in [1.54, 1.807) is 4.50 Å². The summed E-state index contributed by atoms with van der Waals surface area (Å²) >= 11 is 3.89. The van der Waals surface area contributed by atoms with Crippen molar-refractivity contribution in [3.63, 3.8) is 0 Å². The van der Waals surface area contributed by atoms with Crippen molar-refractivity contribution in [2.45, 2.75) is 38.9 Å². The standard InChI is InChI=1S/C28H26S2Si/c1-4-31(5-2,6-3)28-17-25-23-10-8-18-19(21(23)12-14-27(25)30-28)7-9-22-20(18)11-13-26-24(22)15-16-29-26/h7-17H,4-6H2,1-3H3. The molecule has 2 heterocycles. The van der Waals surface area contributed by atoms with E-state index in [0.717, 1.165) is 0 Å². The molecule has 6 rings (SSSR count). The molecule has 0 saturated heterocycles. The Bertz CT molecular complexity index is 1590. The first-order valence-corrected chi connectivity index (χ1v) is 15.7. The topological polar surface area (TPSA) is 0 Å². The quantitative estimate of drug-likeness (QED) is 0.184. The molecule has 0 atom stereocenters. The molecule has 0 nitrogen and oxygen atoms in total. The third-order valence-electron chi connectivity index (χ3n) is 7.68. The second-order valence-corrected chi connectivity index (χ2v) is 16.4. The smallest absolute Gasteiger partial charge is 0.0987 e. The van der Waals surface area contributed by atoms with Crippen molar-refractivity contribution in [3.8, 4) is 0 Å². The molecule has 0 spiro atoms. The predicted octanol–water partition coefficient (Wildman–Crippen LogP) is 9.29. The van der Waals surface area contributed by atoms with Gasteiger partial charge in [0, 0.05) is 20.2 Å². The van der Waals surface area contributed by atoms with E-state index >= 15 is 0 Å². The number of hydrogen-bond acceptors (Lipinski definition) is 2. The normalized spacial score (nSPS) is 12.7. The van der Waals surface area contributed by atoms with Crippen LogP contribution in [0.5, 0.6) is 0 Å². The lowest BCUT2D eigenvalue weighted by atomic mass is 9.95. The van der Waals surface area contributed by atoms with Crippen LogP contribution < -0.4 is 4.50 Å². The van der Waals surface area contributed by atoms with Crippen molar-refractivity contribution in [2.75, 3.05) is 0 Å². The van der Waals surface area contributed by atoms with Crippen molar-refractivity contribution >= 4 is 87.7 Å². The third-order valence-corrected chi connectivity index (χ3v) is 16.3. The zero-order valence-corrected chi connectivity index (χ0v) is 20.9. The average molecular weight is 455 g/mol. The van der Waals surface area contributed by atoms with Crippen molar-refractivity contribution in [3.05, 3.63) is 66.0 Å². The minimum Gasteiger partial charge on any atom is -0.145 e. The Balaban J connectivity index is 1.66. The van der Waals surface area contributed by atoms with Crippen LogP contribution in [-0.2, 0) is 0 Å². The monoisotopic (exact) mass is 454 g/mol. The van der Waals surface area contributed by atoms with Gasteiger partial charge in [0.15, 0.2) is 0 Å². The lowest BCUT2D eigenvalue weighted by Gasteiger charge is -2.26. The lowest BCUT2D eigenvalue weighted by Crippen LogP contribution is -2.43. The zero-order chi connectivity index (χ0) is 21.2. The SMILES string of the molecule is CC[Si](CC)(CC)c1cc2c(ccc3c2ccc2c4ccc5sccc5c4ccc32)s1. The lowest BCUT2D eigenvalue weighted by molar-refractivity contribution is 1.20. The van der Waals surface area contributed by atoms with Crippen molar-refractivity contribution in [1.29, 1.82) is 0 Å². The first-order valence-electron chi connectivity index (χ1n) is 11.4. The van der Waals surface area contributed by atoms with Crippen molar-refractivity contribution < 1.29 is 0 Å². The van der Waals surface area contributed by atoms with Crippen molar-refractivity contribution in [2.24, 2.45) is 0 Å². The second-order valence-electron chi connectivity index (χ2n) is 8.74. The molecule has 4 aromatic carbocycles. The van der Waals surface area contributed by atoms with Gasteiger partial charge < -0.3 is 0 Å². The van der Waals surface area contributed by atoms with E-state index in [1.165, 1.54) is 70.6 Å². The van der Waals surface area contributed by atoms with Gasteiger partial charge in [-0.05, 0) is 66.5 Å². The summed E-state index contributed by atoms with van der Waals surface area (Å²) < 4.78 is 4.52. The summed E-state index contributed by atoms with van der Waals surface area (Å²) in [7, 11) is -1.35. The van der Waals surface area contributed by atoms with E-state index in [9.17, 15) is 0 Å². The molecule has 31 heavy (non-hydrogen) atoms. The summed E-state index contributed by atoms with van der Waals surface area (Å²) in [5.74, 6) is 0. The van der Waals surface area contributed by atoms with Gasteiger partial charge >= 0.3 is 0 Å². The third kappa shape index (κ3) is 2.70. The molecule has 0 aliphatic heterocycles. The first-order chi connectivity index (χ1) is 15.2. The van der Waals surface area contributed by atoms with Gasteiger partial charge in [0.1, 0.15) is 0 Å². The number of thiophene rings is 2. The Hall–Kier alpha value is -2.20. The van der Waals surface area contributed by atoms with Gasteiger partial charge in [-0.3, -0.25) is 0 Å².